The zero-order chi connectivity index (χ0) is 35.6. The third-order valence-corrected chi connectivity index (χ3v) is 7.09. The summed E-state index contributed by atoms with van der Waals surface area (Å²) in [6, 6.07) is 0. The summed E-state index contributed by atoms with van der Waals surface area (Å²) in [4.78, 5) is 26.0. The van der Waals surface area contributed by atoms with Gasteiger partial charge in [-0.1, -0.05) is 0 Å². The molecule has 276 valence electrons. The van der Waals surface area contributed by atoms with Crippen LogP contribution in [0, 0.1) is 17.8 Å². The average Bonchev–Trinajstić information content (AvgIpc) is 3.01. The van der Waals surface area contributed by atoms with Crippen molar-refractivity contribution in [2.75, 3.05) is 91.4 Å². The van der Waals surface area contributed by atoms with Gasteiger partial charge in [0.15, 0.2) is 0 Å². The number of carbonyl (C=O) groups is 2. The number of aliphatic hydroxyl groups excluding tert-OH is 3. The fourth-order valence-electron chi connectivity index (χ4n) is 4.48. The largest absolute Gasteiger partial charge is 0.450 e. The van der Waals surface area contributed by atoms with E-state index in [0.717, 1.165) is 57.8 Å². The van der Waals surface area contributed by atoms with Crippen molar-refractivity contribution in [2.24, 2.45) is 17.8 Å². The zero-order valence-electron chi connectivity index (χ0n) is 28.1. The van der Waals surface area contributed by atoms with Crippen LogP contribution >= 0.6 is 10.7 Å². The van der Waals surface area contributed by atoms with Crippen LogP contribution < -0.4 is 5.32 Å². The number of likely N-dealkylation sites (tertiary alicyclic amines) is 2. The van der Waals surface area contributed by atoms with Gasteiger partial charge in [0.2, 0.25) is 9.05 Å². The van der Waals surface area contributed by atoms with Crippen LogP contribution in [0.3, 0.4) is 0 Å². The van der Waals surface area contributed by atoms with E-state index in [1.807, 2.05) is 0 Å². The fraction of sp³-hybridized carbons (Fsp3) is 0.929. The first kappa shape index (κ1) is 46.6. The molecule has 3 aliphatic heterocycles. The first-order valence-electron chi connectivity index (χ1n) is 15.7. The molecule has 3 saturated heterocycles. The lowest BCUT2D eigenvalue weighted by Crippen LogP contribution is -2.41. The molecule has 0 bridgehead atoms. The molecule has 3 heterocycles. The van der Waals surface area contributed by atoms with E-state index in [4.69, 9.17) is 29.0 Å². The molecule has 15 nitrogen and oxygen atoms in total. The first-order valence-corrected chi connectivity index (χ1v) is 20.2. The third kappa shape index (κ3) is 28.7. The summed E-state index contributed by atoms with van der Waals surface area (Å²) in [5.41, 5.74) is 0. The molecule has 0 aliphatic carbocycles. The number of rotatable bonds is 7. The van der Waals surface area contributed by atoms with Crippen molar-refractivity contribution in [1.82, 2.24) is 15.1 Å². The Morgan fingerprint density at radius 3 is 1.54 bits per heavy atom. The Bertz CT molecular complexity index is 992. The first-order chi connectivity index (χ1) is 21.5. The molecule has 2 amide bonds. The van der Waals surface area contributed by atoms with Crippen LogP contribution in [0.15, 0.2) is 0 Å². The van der Waals surface area contributed by atoms with Crippen molar-refractivity contribution in [3.63, 3.8) is 0 Å². The summed E-state index contributed by atoms with van der Waals surface area (Å²) < 4.78 is 55.1. The molecule has 46 heavy (non-hydrogen) atoms. The molecule has 3 unspecified atom stereocenters. The van der Waals surface area contributed by atoms with Crippen LogP contribution in [-0.2, 0) is 32.8 Å². The van der Waals surface area contributed by atoms with E-state index in [1.165, 1.54) is 12.8 Å². The SMILES string of the molecule is CCO.CCOC(=O)N1CCCC(CO)C1.CCOC(=O)N1CCCC(COS(C)(=O)=O)C1.CS(=O)(=O)Cl.OCC1CCCNC1. The average molecular weight is 728 g/mol. The Morgan fingerprint density at radius 2 is 1.20 bits per heavy atom. The summed E-state index contributed by atoms with van der Waals surface area (Å²) in [6.45, 7) is 11.6. The predicted molar refractivity (Wildman–Crippen MR) is 177 cm³/mol. The minimum Gasteiger partial charge on any atom is -0.450 e. The molecule has 4 N–H and O–H groups in total. The number of halogens is 1. The Labute approximate surface area is 280 Å². The van der Waals surface area contributed by atoms with Gasteiger partial charge in [-0.3, -0.25) is 4.18 Å². The molecule has 0 radical (unpaired) electrons. The van der Waals surface area contributed by atoms with Gasteiger partial charge in [-0.2, -0.15) is 8.42 Å². The number of amides is 2. The van der Waals surface area contributed by atoms with Gasteiger partial charge >= 0.3 is 12.2 Å². The van der Waals surface area contributed by atoms with Crippen LogP contribution in [0.25, 0.3) is 0 Å². The summed E-state index contributed by atoms with van der Waals surface area (Å²) in [5.74, 6) is 0.824. The number of hydrogen-bond acceptors (Lipinski definition) is 13. The Kier molecular flexibility index (Phi) is 27.9. The van der Waals surface area contributed by atoms with Gasteiger partial charge in [0.25, 0.3) is 10.1 Å². The minimum absolute atomic E-state index is 0.0582. The molecular weight excluding hydrogens is 670 g/mol. The molecule has 0 saturated carbocycles. The van der Waals surface area contributed by atoms with E-state index in [-0.39, 0.29) is 43.8 Å². The van der Waals surface area contributed by atoms with Crippen molar-refractivity contribution >= 4 is 42.0 Å². The summed E-state index contributed by atoms with van der Waals surface area (Å²) in [7, 11) is -2.10. The van der Waals surface area contributed by atoms with Crippen molar-refractivity contribution in [2.45, 2.75) is 59.3 Å². The van der Waals surface area contributed by atoms with E-state index >= 15 is 0 Å². The van der Waals surface area contributed by atoms with Crippen molar-refractivity contribution in [3.05, 3.63) is 0 Å². The van der Waals surface area contributed by atoms with E-state index in [2.05, 4.69) is 16.0 Å². The minimum atomic E-state index is -3.41. The lowest BCUT2D eigenvalue weighted by atomic mass is 10.00. The Balaban J connectivity index is 0. The number of carbonyl (C=O) groups excluding carboxylic acids is 2. The zero-order valence-corrected chi connectivity index (χ0v) is 30.5. The van der Waals surface area contributed by atoms with Crippen LogP contribution in [0.1, 0.15) is 59.3 Å². The van der Waals surface area contributed by atoms with Crippen molar-refractivity contribution < 1.29 is 55.4 Å². The van der Waals surface area contributed by atoms with E-state index < -0.39 is 19.2 Å². The van der Waals surface area contributed by atoms with E-state index in [1.54, 1.807) is 30.6 Å². The second kappa shape index (κ2) is 27.5. The lowest BCUT2D eigenvalue weighted by Gasteiger charge is -2.31. The van der Waals surface area contributed by atoms with Crippen molar-refractivity contribution in [1.29, 1.82) is 0 Å². The topological polar surface area (TPSA) is 209 Å². The molecule has 3 rings (SSSR count). The highest BCUT2D eigenvalue weighted by atomic mass is 35.7. The molecule has 3 atom stereocenters. The maximum Gasteiger partial charge on any atom is 0.409 e. The van der Waals surface area contributed by atoms with Gasteiger partial charge in [0.05, 0.1) is 32.3 Å². The monoisotopic (exact) mass is 727 g/mol. The second-order valence-electron chi connectivity index (χ2n) is 10.9. The van der Waals surface area contributed by atoms with Crippen LogP contribution in [0.2, 0.25) is 0 Å². The second-order valence-corrected chi connectivity index (χ2v) is 15.6. The third-order valence-electron chi connectivity index (χ3n) is 6.52. The normalized spacial score (nSPS) is 21.3. The fourth-order valence-corrected chi connectivity index (χ4v) is 4.92. The highest BCUT2D eigenvalue weighted by Crippen LogP contribution is 2.18. The number of nitrogens with one attached hydrogen (secondary N) is 1. The maximum atomic E-state index is 11.5. The molecule has 3 aliphatic rings. The van der Waals surface area contributed by atoms with Gasteiger partial charge in [-0.05, 0) is 77.7 Å². The molecule has 0 aromatic rings. The standard InChI is InChI=1S/C10H19NO5S.C9H17NO3.C6H13NO.C2H6O.CH3ClO2S/c1-3-15-10(12)11-6-4-5-9(7-11)8-16-17(2,13)14;1-2-13-9(12)10-5-3-4-8(6-10)7-11;8-5-6-2-1-3-7-4-6;1-2-3;1-5(2,3)4/h9H,3-8H2,1-2H3;8,11H,2-7H2,1H3;6-8H,1-5H2;3H,2H2,1H3;1H3. The van der Waals surface area contributed by atoms with Gasteiger partial charge in [0.1, 0.15) is 0 Å². The predicted octanol–water partition coefficient (Wildman–Crippen LogP) is 1.84. The van der Waals surface area contributed by atoms with Crippen LogP contribution in [0.4, 0.5) is 9.59 Å². The number of piperidine rings is 3. The number of hydrogen-bond donors (Lipinski definition) is 4. The molecular formula is C28H58ClN3O12S2. The van der Waals surface area contributed by atoms with Gasteiger partial charge in [0, 0.05) is 69.1 Å². The van der Waals surface area contributed by atoms with E-state index in [0.29, 0.717) is 45.4 Å². The summed E-state index contributed by atoms with van der Waals surface area (Å²) in [6.07, 6.45) is 7.47. The maximum absolute atomic E-state index is 11.5. The Hall–Kier alpha value is -1.47. The van der Waals surface area contributed by atoms with Crippen LogP contribution in [0.5, 0.6) is 0 Å². The molecule has 18 heteroatoms. The van der Waals surface area contributed by atoms with E-state index in [9.17, 15) is 26.4 Å². The Morgan fingerprint density at radius 1 is 0.783 bits per heavy atom. The van der Waals surface area contributed by atoms with Gasteiger partial charge < -0.3 is 39.9 Å². The van der Waals surface area contributed by atoms with Gasteiger partial charge in [-0.15, -0.1) is 0 Å². The van der Waals surface area contributed by atoms with Crippen LogP contribution in [-0.4, -0.2) is 146 Å². The summed E-state index contributed by atoms with van der Waals surface area (Å²) >= 11 is 0. The molecule has 0 aromatic carbocycles. The molecule has 0 spiro atoms. The lowest BCUT2D eigenvalue weighted by molar-refractivity contribution is 0.0760. The number of aliphatic hydroxyl groups is 3. The molecule has 3 fully saturated rings. The summed E-state index contributed by atoms with van der Waals surface area (Å²) in [5, 5.41) is 28.4. The van der Waals surface area contributed by atoms with Gasteiger partial charge in [-0.25, -0.2) is 18.0 Å². The number of ether oxygens (including phenoxy) is 2. The smallest absolute Gasteiger partial charge is 0.409 e. The molecule has 0 aromatic heterocycles. The highest BCUT2D eigenvalue weighted by molar-refractivity contribution is 8.13. The highest BCUT2D eigenvalue weighted by Gasteiger charge is 2.26. The quantitative estimate of drug-likeness (QED) is 0.218. The number of nitrogens with zero attached hydrogens (tertiary/aromatic N) is 2. The van der Waals surface area contributed by atoms with Crippen molar-refractivity contribution in [3.8, 4) is 0 Å².